The van der Waals surface area contributed by atoms with Gasteiger partial charge in [0.05, 0.1) is 6.04 Å². The molecule has 1 saturated carbocycles. The van der Waals surface area contributed by atoms with Crippen LogP contribution >= 0.6 is 11.8 Å². The predicted molar refractivity (Wildman–Crippen MR) is 129 cm³/mol. The number of unbranched alkanes of at least 4 members (excludes halogenated alkanes) is 2. The van der Waals surface area contributed by atoms with E-state index >= 15 is 0 Å². The minimum absolute atomic E-state index is 0.130. The van der Waals surface area contributed by atoms with Gasteiger partial charge in [-0.2, -0.15) is 0 Å². The maximum absolute atomic E-state index is 12.6. The molecule has 0 radical (unpaired) electrons. The normalized spacial score (nSPS) is 20.8. The minimum atomic E-state index is 0.130. The van der Waals surface area contributed by atoms with Crippen molar-refractivity contribution < 1.29 is 9.53 Å². The van der Waals surface area contributed by atoms with Crippen LogP contribution in [-0.2, 0) is 9.53 Å². The van der Waals surface area contributed by atoms with Crippen LogP contribution in [0.5, 0.6) is 0 Å². The first-order valence-corrected chi connectivity index (χ1v) is 12.7. The van der Waals surface area contributed by atoms with Crippen LogP contribution < -0.4 is 5.32 Å². The Bertz CT molecular complexity index is 718. The molecule has 4 nitrogen and oxygen atoms in total. The second kappa shape index (κ2) is 11.2. The molecule has 0 bridgehead atoms. The molecule has 1 amide bonds. The van der Waals surface area contributed by atoms with Crippen molar-refractivity contribution in [3.8, 4) is 0 Å². The zero-order chi connectivity index (χ0) is 21.5. The van der Waals surface area contributed by atoms with Gasteiger partial charge in [0, 0.05) is 17.9 Å². The molecule has 1 aromatic carbocycles. The number of carbonyl (C=O) groups excluding carboxylic acids is 1. The Kier molecular flexibility index (Phi) is 8.67. The summed E-state index contributed by atoms with van der Waals surface area (Å²) in [4.78, 5) is 17.3. The Labute approximate surface area is 186 Å². The van der Waals surface area contributed by atoms with Crippen molar-refractivity contribution in [2.24, 2.45) is 4.99 Å². The molecule has 1 aliphatic heterocycles. The number of ether oxygens (including phenoxy) is 1. The zero-order valence-corrected chi connectivity index (χ0v) is 19.9. The SMILES string of the molecule is CC(C)c1cccc(C(C)C)c1NC(=O)CCCCCSC1=N[C@@H]2CCCC[C@H]2O1. The maximum Gasteiger partial charge on any atom is 0.246 e. The Morgan fingerprint density at radius 2 is 1.80 bits per heavy atom. The van der Waals surface area contributed by atoms with E-state index in [1.165, 1.54) is 30.4 Å². The van der Waals surface area contributed by atoms with Gasteiger partial charge in [-0.3, -0.25) is 4.79 Å². The number of thioether (sulfide) groups is 1. The average Bonchev–Trinajstić information content (AvgIpc) is 3.13. The van der Waals surface area contributed by atoms with Gasteiger partial charge in [-0.1, -0.05) is 70.5 Å². The van der Waals surface area contributed by atoms with E-state index in [1.807, 2.05) is 0 Å². The van der Waals surface area contributed by atoms with E-state index in [4.69, 9.17) is 9.73 Å². The standard InChI is InChI=1S/C25H38N2O2S/c1-17(2)19-11-10-12-20(18(3)4)24(19)27-23(28)15-6-5-9-16-30-25-26-21-13-7-8-14-22(21)29-25/h10-12,17-18,21-22H,5-9,13-16H2,1-4H3,(H,27,28)/t21-,22-/m1/s1. The van der Waals surface area contributed by atoms with Gasteiger partial charge in [-0.05, 0) is 55.1 Å². The molecule has 30 heavy (non-hydrogen) atoms. The number of hydrogen-bond acceptors (Lipinski definition) is 4. The minimum Gasteiger partial charge on any atom is -0.467 e. The van der Waals surface area contributed by atoms with Gasteiger partial charge in [0.25, 0.3) is 0 Å². The molecule has 0 saturated heterocycles. The van der Waals surface area contributed by atoms with E-state index in [2.05, 4.69) is 51.2 Å². The summed E-state index contributed by atoms with van der Waals surface area (Å²) in [5, 5.41) is 4.12. The summed E-state index contributed by atoms with van der Waals surface area (Å²) < 4.78 is 5.99. The molecule has 2 aliphatic rings. The first-order chi connectivity index (χ1) is 14.5. The molecule has 1 N–H and O–H groups in total. The van der Waals surface area contributed by atoms with Crippen LogP contribution in [0, 0.1) is 0 Å². The Balaban J connectivity index is 1.38. The van der Waals surface area contributed by atoms with Gasteiger partial charge in [-0.15, -0.1) is 0 Å². The lowest BCUT2D eigenvalue weighted by Gasteiger charge is -2.21. The van der Waals surface area contributed by atoms with Gasteiger partial charge in [0.1, 0.15) is 6.10 Å². The number of fused-ring (bicyclic) bond motifs is 1. The highest BCUT2D eigenvalue weighted by atomic mass is 32.2. The van der Waals surface area contributed by atoms with E-state index < -0.39 is 0 Å². The molecule has 0 unspecified atom stereocenters. The topological polar surface area (TPSA) is 50.7 Å². The van der Waals surface area contributed by atoms with Crippen LogP contribution in [0.15, 0.2) is 23.2 Å². The zero-order valence-electron chi connectivity index (χ0n) is 19.1. The molecule has 2 atom stereocenters. The van der Waals surface area contributed by atoms with Crippen molar-refractivity contribution >= 4 is 28.6 Å². The molecule has 3 rings (SSSR count). The smallest absolute Gasteiger partial charge is 0.246 e. The Morgan fingerprint density at radius 3 is 2.47 bits per heavy atom. The largest absolute Gasteiger partial charge is 0.467 e. The quantitative estimate of drug-likeness (QED) is 0.435. The fourth-order valence-electron chi connectivity index (χ4n) is 4.35. The van der Waals surface area contributed by atoms with Crippen LogP contribution in [0.2, 0.25) is 0 Å². The summed E-state index contributed by atoms with van der Waals surface area (Å²) in [7, 11) is 0. The number of nitrogens with zero attached hydrogens (tertiary/aromatic N) is 1. The molecule has 166 valence electrons. The third-order valence-corrected chi connectivity index (χ3v) is 7.04. The average molecular weight is 431 g/mol. The Morgan fingerprint density at radius 1 is 1.10 bits per heavy atom. The summed E-state index contributed by atoms with van der Waals surface area (Å²) in [6.45, 7) is 8.72. The molecule has 1 heterocycles. The van der Waals surface area contributed by atoms with Crippen molar-refractivity contribution in [1.82, 2.24) is 0 Å². The highest BCUT2D eigenvalue weighted by molar-refractivity contribution is 8.13. The molecular formula is C25H38N2O2S. The number of benzene rings is 1. The van der Waals surface area contributed by atoms with Crippen molar-refractivity contribution in [2.75, 3.05) is 11.1 Å². The van der Waals surface area contributed by atoms with Crippen LogP contribution in [0.3, 0.4) is 0 Å². The predicted octanol–water partition coefficient (Wildman–Crippen LogP) is 6.86. The summed E-state index contributed by atoms with van der Waals surface area (Å²) in [6, 6.07) is 6.78. The number of carbonyl (C=O) groups is 1. The molecule has 1 aliphatic carbocycles. The number of anilines is 1. The monoisotopic (exact) mass is 430 g/mol. The lowest BCUT2D eigenvalue weighted by atomic mass is 9.92. The van der Waals surface area contributed by atoms with E-state index in [1.54, 1.807) is 11.8 Å². The van der Waals surface area contributed by atoms with Gasteiger partial charge >= 0.3 is 0 Å². The number of amides is 1. The van der Waals surface area contributed by atoms with Gasteiger partial charge in [-0.25, -0.2) is 4.99 Å². The second-order valence-corrected chi connectivity index (χ2v) is 10.3. The van der Waals surface area contributed by atoms with E-state index in [-0.39, 0.29) is 5.91 Å². The second-order valence-electron chi connectivity index (χ2n) is 9.23. The maximum atomic E-state index is 12.6. The molecule has 0 aromatic heterocycles. The molecular weight excluding hydrogens is 392 g/mol. The number of hydrogen-bond donors (Lipinski definition) is 1. The highest BCUT2D eigenvalue weighted by Crippen LogP contribution is 2.33. The molecule has 1 aromatic rings. The van der Waals surface area contributed by atoms with Crippen molar-refractivity contribution in [3.05, 3.63) is 29.3 Å². The van der Waals surface area contributed by atoms with Crippen LogP contribution in [0.1, 0.15) is 102 Å². The fourth-order valence-corrected chi connectivity index (χ4v) is 5.27. The van der Waals surface area contributed by atoms with Crippen molar-refractivity contribution in [3.63, 3.8) is 0 Å². The van der Waals surface area contributed by atoms with E-state index in [0.29, 0.717) is 30.4 Å². The first-order valence-electron chi connectivity index (χ1n) is 11.8. The summed E-state index contributed by atoms with van der Waals surface area (Å²) in [5.74, 6) is 1.93. The van der Waals surface area contributed by atoms with E-state index in [9.17, 15) is 4.79 Å². The highest BCUT2D eigenvalue weighted by Gasteiger charge is 2.32. The lowest BCUT2D eigenvalue weighted by molar-refractivity contribution is -0.116. The third kappa shape index (κ3) is 6.26. The Hall–Kier alpha value is -1.49. The van der Waals surface area contributed by atoms with Crippen LogP contribution in [0.4, 0.5) is 5.69 Å². The number of para-hydroxylation sites is 1. The lowest BCUT2D eigenvalue weighted by Crippen LogP contribution is -2.25. The first kappa shape index (κ1) is 23.2. The summed E-state index contributed by atoms with van der Waals surface area (Å²) >= 11 is 1.75. The summed E-state index contributed by atoms with van der Waals surface area (Å²) in [5.41, 5.74) is 3.48. The van der Waals surface area contributed by atoms with Gasteiger partial charge in [0.15, 0.2) is 0 Å². The van der Waals surface area contributed by atoms with Crippen LogP contribution in [-0.4, -0.2) is 29.0 Å². The number of nitrogens with one attached hydrogen (secondary N) is 1. The third-order valence-electron chi connectivity index (χ3n) is 6.10. The number of aliphatic imine (C=N–C) groups is 1. The molecule has 1 fully saturated rings. The van der Waals surface area contributed by atoms with Gasteiger partial charge < -0.3 is 10.1 Å². The molecule has 5 heteroatoms. The van der Waals surface area contributed by atoms with Crippen molar-refractivity contribution in [1.29, 1.82) is 0 Å². The van der Waals surface area contributed by atoms with E-state index in [0.717, 1.165) is 42.4 Å². The fraction of sp³-hybridized carbons (Fsp3) is 0.680. The van der Waals surface area contributed by atoms with Crippen molar-refractivity contribution in [2.45, 2.75) is 103 Å². The van der Waals surface area contributed by atoms with Gasteiger partial charge in [0.2, 0.25) is 11.1 Å². The number of rotatable bonds is 9. The van der Waals surface area contributed by atoms with Crippen LogP contribution in [0.25, 0.3) is 0 Å². The molecule has 0 spiro atoms. The summed E-state index contributed by atoms with van der Waals surface area (Å²) in [6.07, 6.45) is 8.90.